The van der Waals surface area contributed by atoms with Gasteiger partial charge >= 0.3 is 0 Å². The van der Waals surface area contributed by atoms with Gasteiger partial charge in [-0.2, -0.15) is 5.10 Å². The summed E-state index contributed by atoms with van der Waals surface area (Å²) in [6.07, 6.45) is 1.47. The maximum Gasteiger partial charge on any atom is 0.271 e. The topological polar surface area (TPSA) is 107 Å². The number of halogens is 1. The van der Waals surface area contributed by atoms with Gasteiger partial charge in [0, 0.05) is 16.3 Å². The standard InChI is InChI=1S/C33H32ClN3O6/c1-4-41-31-17-25(12-15-29(31)42-20-23-8-6-5-7-9-23)33(39)37-35-19-24-11-14-28(30(16-24)40-3)43-21-32(38)36-26-13-10-22(2)27(34)18-26/h5-19H,4,20-21H2,1-3H3,(H,36,38)(H,37,39)/b35-19+. The third kappa shape index (κ3) is 8.98. The smallest absolute Gasteiger partial charge is 0.271 e. The lowest BCUT2D eigenvalue weighted by molar-refractivity contribution is -0.118. The number of amides is 2. The maximum atomic E-state index is 12.8. The van der Waals surface area contributed by atoms with E-state index in [2.05, 4.69) is 15.8 Å². The van der Waals surface area contributed by atoms with E-state index in [4.69, 9.17) is 30.5 Å². The van der Waals surface area contributed by atoms with E-state index in [1.165, 1.54) is 13.3 Å². The molecular formula is C33H32ClN3O6. The fourth-order valence-corrected chi connectivity index (χ4v) is 4.08. The normalized spacial score (nSPS) is 10.7. The molecule has 2 amide bonds. The number of hydrogen-bond acceptors (Lipinski definition) is 7. The van der Waals surface area contributed by atoms with Crippen molar-refractivity contribution < 1.29 is 28.5 Å². The van der Waals surface area contributed by atoms with Crippen LogP contribution >= 0.6 is 11.6 Å². The summed E-state index contributed by atoms with van der Waals surface area (Å²) in [7, 11) is 1.49. The van der Waals surface area contributed by atoms with E-state index in [1.807, 2.05) is 50.2 Å². The average Bonchev–Trinajstić information content (AvgIpc) is 3.02. The van der Waals surface area contributed by atoms with E-state index in [9.17, 15) is 9.59 Å². The minimum absolute atomic E-state index is 0.231. The highest BCUT2D eigenvalue weighted by atomic mass is 35.5. The van der Waals surface area contributed by atoms with Gasteiger partial charge in [0.2, 0.25) is 0 Å². The first-order valence-corrected chi connectivity index (χ1v) is 13.9. The first-order valence-electron chi connectivity index (χ1n) is 13.5. The third-order valence-corrected chi connectivity index (χ3v) is 6.53. The first-order chi connectivity index (χ1) is 20.9. The van der Waals surface area contributed by atoms with Crippen molar-refractivity contribution in [2.75, 3.05) is 25.6 Å². The summed E-state index contributed by atoms with van der Waals surface area (Å²) < 4.78 is 22.7. The van der Waals surface area contributed by atoms with E-state index in [-0.39, 0.29) is 12.5 Å². The van der Waals surface area contributed by atoms with Gasteiger partial charge in [0.25, 0.3) is 11.8 Å². The zero-order valence-electron chi connectivity index (χ0n) is 24.1. The quantitative estimate of drug-likeness (QED) is 0.135. The Bertz CT molecular complexity index is 1590. The summed E-state index contributed by atoms with van der Waals surface area (Å²) >= 11 is 6.12. The monoisotopic (exact) mass is 601 g/mol. The molecule has 10 heteroatoms. The molecule has 0 spiro atoms. The van der Waals surface area contributed by atoms with Crippen LogP contribution in [-0.4, -0.2) is 38.4 Å². The lowest BCUT2D eigenvalue weighted by Gasteiger charge is -2.13. The van der Waals surface area contributed by atoms with Crippen molar-refractivity contribution in [1.29, 1.82) is 0 Å². The molecule has 0 saturated carbocycles. The number of methoxy groups -OCH3 is 1. The second kappa shape index (κ2) is 15.3. The zero-order valence-corrected chi connectivity index (χ0v) is 24.8. The molecule has 0 fully saturated rings. The van der Waals surface area contributed by atoms with Crippen LogP contribution in [-0.2, 0) is 11.4 Å². The molecule has 0 bridgehead atoms. The predicted molar refractivity (Wildman–Crippen MR) is 167 cm³/mol. The summed E-state index contributed by atoms with van der Waals surface area (Å²) in [5, 5.41) is 7.37. The lowest BCUT2D eigenvalue weighted by atomic mass is 10.2. The molecule has 0 atom stereocenters. The molecule has 4 aromatic rings. The number of benzene rings is 4. The van der Waals surface area contributed by atoms with E-state index >= 15 is 0 Å². The Morgan fingerprint density at radius 3 is 2.37 bits per heavy atom. The highest BCUT2D eigenvalue weighted by Crippen LogP contribution is 2.30. The minimum atomic E-state index is -0.417. The number of nitrogens with one attached hydrogen (secondary N) is 2. The van der Waals surface area contributed by atoms with Gasteiger partial charge in [-0.3, -0.25) is 9.59 Å². The number of hydrogen-bond donors (Lipinski definition) is 2. The second-order valence-electron chi connectivity index (χ2n) is 9.28. The molecule has 0 saturated heterocycles. The van der Waals surface area contributed by atoms with Crippen molar-refractivity contribution in [2.45, 2.75) is 20.5 Å². The molecule has 0 unspecified atom stereocenters. The molecule has 0 aliphatic heterocycles. The summed E-state index contributed by atoms with van der Waals surface area (Å²) in [6.45, 7) is 4.30. The number of anilines is 1. The van der Waals surface area contributed by atoms with Gasteiger partial charge in [0.05, 0.1) is 19.9 Å². The Morgan fingerprint density at radius 2 is 1.63 bits per heavy atom. The molecule has 0 radical (unpaired) electrons. The molecular weight excluding hydrogens is 570 g/mol. The van der Waals surface area contributed by atoms with Crippen LogP contribution in [0.5, 0.6) is 23.0 Å². The summed E-state index contributed by atoms with van der Waals surface area (Å²) in [6, 6.07) is 25.1. The Kier molecular flexibility index (Phi) is 11.0. The van der Waals surface area contributed by atoms with Gasteiger partial charge in [-0.05, 0) is 79.1 Å². The van der Waals surface area contributed by atoms with Crippen LogP contribution in [0.3, 0.4) is 0 Å². The van der Waals surface area contributed by atoms with E-state index < -0.39 is 5.91 Å². The third-order valence-electron chi connectivity index (χ3n) is 6.12. The number of ether oxygens (including phenoxy) is 4. The van der Waals surface area contributed by atoms with Crippen LogP contribution in [0.1, 0.15) is 34.0 Å². The Labute approximate surface area is 255 Å². The molecule has 2 N–H and O–H groups in total. The first kappa shape index (κ1) is 30.9. The second-order valence-corrected chi connectivity index (χ2v) is 9.69. The van der Waals surface area contributed by atoms with E-state index in [1.54, 1.807) is 48.5 Å². The summed E-state index contributed by atoms with van der Waals surface area (Å²) in [4.78, 5) is 25.1. The largest absolute Gasteiger partial charge is 0.493 e. The molecule has 0 aliphatic rings. The number of nitrogens with zero attached hydrogens (tertiary/aromatic N) is 1. The molecule has 222 valence electrons. The average molecular weight is 602 g/mol. The molecule has 9 nitrogen and oxygen atoms in total. The van der Waals surface area contributed by atoms with Crippen LogP contribution in [0.2, 0.25) is 5.02 Å². The Balaban J connectivity index is 1.33. The highest BCUT2D eigenvalue weighted by Gasteiger charge is 2.13. The van der Waals surface area contributed by atoms with Crippen molar-refractivity contribution in [2.24, 2.45) is 5.10 Å². The van der Waals surface area contributed by atoms with Gasteiger partial charge in [-0.1, -0.05) is 48.0 Å². The van der Waals surface area contributed by atoms with E-state index in [0.717, 1.165) is 11.1 Å². The fraction of sp³-hybridized carbons (Fsp3) is 0.182. The minimum Gasteiger partial charge on any atom is -0.493 e. The lowest BCUT2D eigenvalue weighted by Crippen LogP contribution is -2.20. The number of carbonyl (C=O) groups excluding carboxylic acids is 2. The van der Waals surface area contributed by atoms with Gasteiger partial charge < -0.3 is 24.3 Å². The van der Waals surface area contributed by atoms with Crippen molar-refractivity contribution in [3.05, 3.63) is 112 Å². The summed E-state index contributed by atoms with van der Waals surface area (Å²) in [5.74, 6) is 1.01. The molecule has 0 aliphatic carbocycles. The zero-order chi connectivity index (χ0) is 30.6. The van der Waals surface area contributed by atoms with E-state index in [0.29, 0.717) is 58.0 Å². The molecule has 0 heterocycles. The molecule has 4 rings (SSSR count). The molecule has 43 heavy (non-hydrogen) atoms. The fourth-order valence-electron chi connectivity index (χ4n) is 3.90. The van der Waals surface area contributed by atoms with Crippen LogP contribution in [0, 0.1) is 6.92 Å². The van der Waals surface area contributed by atoms with Crippen LogP contribution in [0.15, 0.2) is 90.0 Å². The van der Waals surface area contributed by atoms with Crippen LogP contribution in [0.4, 0.5) is 5.69 Å². The number of carbonyl (C=O) groups is 2. The van der Waals surface area contributed by atoms with Crippen molar-refractivity contribution >= 4 is 35.3 Å². The SMILES string of the molecule is CCOc1cc(C(=O)N/N=C/c2ccc(OCC(=O)Nc3ccc(C)c(Cl)c3)c(OC)c2)ccc1OCc1ccccc1. The predicted octanol–water partition coefficient (Wildman–Crippen LogP) is 6.42. The van der Waals surface area contributed by atoms with Gasteiger partial charge in [0.15, 0.2) is 29.6 Å². The number of rotatable bonds is 13. The van der Waals surface area contributed by atoms with Crippen LogP contribution in [0.25, 0.3) is 0 Å². The Hall–Kier alpha value is -5.02. The number of aryl methyl sites for hydroxylation is 1. The molecule has 4 aromatic carbocycles. The number of hydrazone groups is 1. The Morgan fingerprint density at radius 1 is 0.860 bits per heavy atom. The summed E-state index contributed by atoms with van der Waals surface area (Å²) in [5.41, 5.74) is 6.03. The van der Waals surface area contributed by atoms with Crippen molar-refractivity contribution in [3.63, 3.8) is 0 Å². The van der Waals surface area contributed by atoms with Crippen molar-refractivity contribution in [3.8, 4) is 23.0 Å². The van der Waals surface area contributed by atoms with Crippen LogP contribution < -0.4 is 29.7 Å². The van der Waals surface area contributed by atoms with Gasteiger partial charge in [-0.15, -0.1) is 0 Å². The molecule has 0 aromatic heterocycles. The van der Waals surface area contributed by atoms with Gasteiger partial charge in [-0.25, -0.2) is 5.43 Å². The van der Waals surface area contributed by atoms with Crippen molar-refractivity contribution in [1.82, 2.24) is 5.43 Å². The highest BCUT2D eigenvalue weighted by molar-refractivity contribution is 6.31. The maximum absolute atomic E-state index is 12.8. The van der Waals surface area contributed by atoms with Gasteiger partial charge in [0.1, 0.15) is 6.61 Å².